The number of aromatic carboxylic acids is 1. The molecule has 0 fully saturated rings. The van der Waals surface area contributed by atoms with E-state index in [1.807, 2.05) is 0 Å². The number of carboxylic acid groups (broad SMARTS) is 1. The predicted octanol–water partition coefficient (Wildman–Crippen LogP) is 2.78. The molecule has 0 aliphatic rings. The highest BCUT2D eigenvalue weighted by Crippen LogP contribution is 2.23. The average molecular weight is 286 g/mol. The van der Waals surface area contributed by atoms with Gasteiger partial charge in [0.2, 0.25) is 0 Å². The van der Waals surface area contributed by atoms with Gasteiger partial charge in [0, 0.05) is 0 Å². The molecule has 5 nitrogen and oxygen atoms in total. The third kappa shape index (κ3) is 3.60. The summed E-state index contributed by atoms with van der Waals surface area (Å²) in [5, 5.41) is 8.82. The van der Waals surface area contributed by atoms with Gasteiger partial charge in [0.25, 0.3) is 0 Å². The van der Waals surface area contributed by atoms with Crippen LogP contribution in [-0.2, 0) is 6.61 Å². The molecule has 0 heterocycles. The number of ether oxygens (including phenoxy) is 2. The van der Waals surface area contributed by atoms with Crippen molar-refractivity contribution < 1.29 is 24.2 Å². The highest BCUT2D eigenvalue weighted by atomic mass is 16.5. The quantitative estimate of drug-likeness (QED) is 0.827. The van der Waals surface area contributed by atoms with Crippen molar-refractivity contribution in [3.8, 4) is 11.5 Å². The first-order valence-corrected chi connectivity index (χ1v) is 6.22. The molecule has 108 valence electrons. The SMILES string of the molecule is COc1ccc(OCc2ccc(C(=O)O)cc2)c(C=O)c1. The third-order valence-corrected chi connectivity index (χ3v) is 2.94. The van der Waals surface area contributed by atoms with Crippen LogP contribution in [0.1, 0.15) is 26.3 Å². The Morgan fingerprint density at radius 3 is 2.48 bits per heavy atom. The molecule has 0 radical (unpaired) electrons. The van der Waals surface area contributed by atoms with Crippen molar-refractivity contribution in [1.29, 1.82) is 0 Å². The number of carboxylic acids is 1. The first-order valence-electron chi connectivity index (χ1n) is 6.22. The predicted molar refractivity (Wildman–Crippen MR) is 76.1 cm³/mol. The Hall–Kier alpha value is -2.82. The number of benzene rings is 2. The van der Waals surface area contributed by atoms with Crippen LogP contribution in [0.15, 0.2) is 42.5 Å². The van der Waals surface area contributed by atoms with Gasteiger partial charge in [-0.25, -0.2) is 4.79 Å². The van der Waals surface area contributed by atoms with Crippen LogP contribution in [0.25, 0.3) is 0 Å². The number of hydrogen-bond donors (Lipinski definition) is 1. The Labute approximate surface area is 121 Å². The first-order chi connectivity index (χ1) is 10.1. The van der Waals surface area contributed by atoms with Crippen molar-refractivity contribution in [3.05, 3.63) is 59.2 Å². The van der Waals surface area contributed by atoms with Crippen LogP contribution in [0.4, 0.5) is 0 Å². The lowest BCUT2D eigenvalue weighted by molar-refractivity contribution is 0.0696. The zero-order valence-electron chi connectivity index (χ0n) is 11.4. The maximum atomic E-state index is 11.0. The number of hydrogen-bond acceptors (Lipinski definition) is 4. The van der Waals surface area contributed by atoms with E-state index in [4.69, 9.17) is 14.6 Å². The summed E-state index contributed by atoms with van der Waals surface area (Å²) >= 11 is 0. The maximum Gasteiger partial charge on any atom is 0.335 e. The minimum atomic E-state index is -0.971. The standard InChI is InChI=1S/C16H14O5/c1-20-14-6-7-15(13(8-14)9-17)21-10-11-2-4-12(5-3-11)16(18)19/h2-9H,10H2,1H3,(H,18,19). The van der Waals surface area contributed by atoms with Gasteiger partial charge in [0.05, 0.1) is 18.2 Å². The van der Waals surface area contributed by atoms with E-state index in [1.165, 1.54) is 19.2 Å². The zero-order chi connectivity index (χ0) is 15.2. The van der Waals surface area contributed by atoms with E-state index in [1.54, 1.807) is 30.3 Å². The normalized spacial score (nSPS) is 9.95. The molecule has 0 aliphatic carbocycles. The van der Waals surface area contributed by atoms with Crippen molar-refractivity contribution in [3.63, 3.8) is 0 Å². The Morgan fingerprint density at radius 2 is 1.90 bits per heavy atom. The van der Waals surface area contributed by atoms with Gasteiger partial charge in [-0.05, 0) is 35.9 Å². The number of methoxy groups -OCH3 is 1. The number of carbonyl (C=O) groups is 2. The molecule has 2 rings (SSSR count). The lowest BCUT2D eigenvalue weighted by Crippen LogP contribution is -2.00. The lowest BCUT2D eigenvalue weighted by atomic mass is 10.1. The number of carbonyl (C=O) groups excluding carboxylic acids is 1. The van der Waals surface area contributed by atoms with Gasteiger partial charge in [-0.1, -0.05) is 12.1 Å². The second-order valence-electron chi connectivity index (χ2n) is 4.31. The fourth-order valence-electron chi connectivity index (χ4n) is 1.78. The van der Waals surface area contributed by atoms with Crippen molar-refractivity contribution >= 4 is 12.3 Å². The van der Waals surface area contributed by atoms with Gasteiger partial charge in [-0.15, -0.1) is 0 Å². The first kappa shape index (κ1) is 14.6. The number of rotatable bonds is 6. The molecule has 0 unspecified atom stereocenters. The van der Waals surface area contributed by atoms with Gasteiger partial charge >= 0.3 is 5.97 Å². The zero-order valence-corrected chi connectivity index (χ0v) is 11.4. The molecule has 0 saturated heterocycles. The van der Waals surface area contributed by atoms with Gasteiger partial charge in [0.1, 0.15) is 18.1 Å². The van der Waals surface area contributed by atoms with Gasteiger partial charge in [-0.3, -0.25) is 4.79 Å². The summed E-state index contributed by atoms with van der Waals surface area (Å²) in [7, 11) is 1.52. The Morgan fingerprint density at radius 1 is 1.19 bits per heavy atom. The highest BCUT2D eigenvalue weighted by molar-refractivity contribution is 5.87. The van der Waals surface area contributed by atoms with E-state index >= 15 is 0 Å². The van der Waals surface area contributed by atoms with Crippen molar-refractivity contribution in [1.82, 2.24) is 0 Å². The molecule has 0 atom stereocenters. The molecular weight excluding hydrogens is 272 g/mol. The maximum absolute atomic E-state index is 11.0. The van der Waals surface area contributed by atoms with Gasteiger partial charge < -0.3 is 14.6 Å². The van der Waals surface area contributed by atoms with Crippen molar-refractivity contribution in [2.75, 3.05) is 7.11 Å². The van der Waals surface area contributed by atoms with E-state index in [9.17, 15) is 9.59 Å². The molecule has 0 amide bonds. The van der Waals surface area contributed by atoms with Gasteiger partial charge in [-0.2, -0.15) is 0 Å². The van der Waals surface area contributed by atoms with Crippen LogP contribution < -0.4 is 9.47 Å². The van der Waals surface area contributed by atoms with Crippen LogP contribution in [-0.4, -0.2) is 24.5 Å². The van der Waals surface area contributed by atoms with Gasteiger partial charge in [0.15, 0.2) is 6.29 Å². The van der Waals surface area contributed by atoms with E-state index in [0.29, 0.717) is 23.3 Å². The molecular formula is C16H14O5. The molecule has 21 heavy (non-hydrogen) atoms. The summed E-state index contributed by atoms with van der Waals surface area (Å²) in [5.74, 6) is 0.0595. The topological polar surface area (TPSA) is 72.8 Å². The molecule has 5 heteroatoms. The minimum absolute atomic E-state index is 0.219. The molecule has 1 N–H and O–H groups in total. The largest absolute Gasteiger partial charge is 0.497 e. The summed E-state index contributed by atoms with van der Waals surface area (Å²) in [5.41, 5.74) is 1.43. The monoisotopic (exact) mass is 286 g/mol. The lowest BCUT2D eigenvalue weighted by Gasteiger charge is -2.10. The molecule has 0 aromatic heterocycles. The fraction of sp³-hybridized carbons (Fsp3) is 0.125. The van der Waals surface area contributed by atoms with Crippen LogP contribution in [0, 0.1) is 0 Å². The van der Waals surface area contributed by atoms with E-state index < -0.39 is 5.97 Å². The van der Waals surface area contributed by atoms with Crippen LogP contribution >= 0.6 is 0 Å². The van der Waals surface area contributed by atoms with Crippen molar-refractivity contribution in [2.24, 2.45) is 0 Å². The average Bonchev–Trinajstić information content (AvgIpc) is 2.53. The fourth-order valence-corrected chi connectivity index (χ4v) is 1.78. The molecule has 0 saturated carbocycles. The Bertz CT molecular complexity index is 646. The summed E-state index contributed by atoms with van der Waals surface area (Å²) in [6, 6.07) is 11.3. The van der Waals surface area contributed by atoms with Crippen molar-refractivity contribution in [2.45, 2.75) is 6.61 Å². The molecule has 0 aliphatic heterocycles. The van der Waals surface area contributed by atoms with E-state index in [2.05, 4.69) is 0 Å². The summed E-state index contributed by atoms with van der Waals surface area (Å²) in [6.45, 7) is 0.243. The summed E-state index contributed by atoms with van der Waals surface area (Å²) in [4.78, 5) is 21.8. The summed E-state index contributed by atoms with van der Waals surface area (Å²) < 4.78 is 10.6. The van der Waals surface area contributed by atoms with Crippen LogP contribution in [0.2, 0.25) is 0 Å². The van der Waals surface area contributed by atoms with Crippen LogP contribution in [0.5, 0.6) is 11.5 Å². The second kappa shape index (κ2) is 6.56. The molecule has 2 aromatic carbocycles. The minimum Gasteiger partial charge on any atom is -0.497 e. The number of aldehydes is 1. The molecule has 2 aromatic rings. The van der Waals surface area contributed by atoms with Crippen LogP contribution in [0.3, 0.4) is 0 Å². The Balaban J connectivity index is 2.09. The smallest absolute Gasteiger partial charge is 0.335 e. The summed E-state index contributed by atoms with van der Waals surface area (Å²) in [6.07, 6.45) is 0.700. The third-order valence-electron chi connectivity index (χ3n) is 2.94. The Kier molecular flexibility index (Phi) is 4.56. The van der Waals surface area contributed by atoms with E-state index in [0.717, 1.165) is 5.56 Å². The molecule has 0 bridgehead atoms. The van der Waals surface area contributed by atoms with E-state index in [-0.39, 0.29) is 12.2 Å². The second-order valence-corrected chi connectivity index (χ2v) is 4.31. The molecule has 0 spiro atoms. The highest BCUT2D eigenvalue weighted by Gasteiger charge is 2.06.